The number of halogens is 1. The monoisotopic (exact) mass is 333 g/mol. The Labute approximate surface area is 121 Å². The summed E-state index contributed by atoms with van der Waals surface area (Å²) in [7, 11) is 0. The third-order valence-corrected chi connectivity index (χ3v) is 4.00. The first-order chi connectivity index (χ1) is 9.15. The maximum absolute atomic E-state index is 11.4. The van der Waals surface area contributed by atoms with Gasteiger partial charge < -0.3 is 5.11 Å². The topological polar surface area (TPSA) is 50.2 Å². The number of hydrogen-bond donors (Lipinski definition) is 1. The molecule has 3 nitrogen and oxygen atoms in total. The van der Waals surface area contributed by atoms with Gasteiger partial charge in [0.2, 0.25) is 0 Å². The highest BCUT2D eigenvalue weighted by Crippen LogP contribution is 2.28. The molecule has 3 rings (SSSR count). The lowest BCUT2D eigenvalue weighted by molar-refractivity contribution is 0.0699. The standard InChI is InChI=1S/C14H8BrNO2S/c15-9-1-2-10-11(14(17)18)6-12(16-13(10)5-9)8-3-4-19-7-8/h1-7H,(H,17,18). The van der Waals surface area contributed by atoms with E-state index in [0.717, 1.165) is 10.0 Å². The van der Waals surface area contributed by atoms with E-state index in [4.69, 9.17) is 0 Å². The van der Waals surface area contributed by atoms with Crippen LogP contribution < -0.4 is 0 Å². The summed E-state index contributed by atoms with van der Waals surface area (Å²) in [6, 6.07) is 8.98. The van der Waals surface area contributed by atoms with E-state index >= 15 is 0 Å². The summed E-state index contributed by atoms with van der Waals surface area (Å²) in [6.07, 6.45) is 0. The molecular weight excluding hydrogens is 326 g/mol. The summed E-state index contributed by atoms with van der Waals surface area (Å²) in [5.74, 6) is -0.939. The summed E-state index contributed by atoms with van der Waals surface area (Å²) in [4.78, 5) is 15.9. The van der Waals surface area contributed by atoms with Gasteiger partial charge in [0.1, 0.15) is 0 Å². The summed E-state index contributed by atoms with van der Waals surface area (Å²) >= 11 is 4.94. The average molecular weight is 334 g/mol. The van der Waals surface area contributed by atoms with Crippen LogP contribution in [0.15, 0.2) is 45.6 Å². The molecule has 1 aromatic carbocycles. The molecule has 0 spiro atoms. The van der Waals surface area contributed by atoms with Crippen LogP contribution in [-0.2, 0) is 0 Å². The Kier molecular flexibility index (Phi) is 3.08. The van der Waals surface area contributed by atoms with Gasteiger partial charge in [0, 0.05) is 20.8 Å². The minimum Gasteiger partial charge on any atom is -0.478 e. The average Bonchev–Trinajstić information content (AvgIpc) is 2.90. The molecule has 0 fully saturated rings. The van der Waals surface area contributed by atoms with Crippen molar-refractivity contribution in [1.29, 1.82) is 0 Å². The van der Waals surface area contributed by atoms with Crippen molar-refractivity contribution in [2.45, 2.75) is 0 Å². The Balaban J connectivity index is 2.34. The maximum atomic E-state index is 11.4. The lowest BCUT2D eigenvalue weighted by atomic mass is 10.1. The van der Waals surface area contributed by atoms with E-state index in [2.05, 4.69) is 20.9 Å². The molecular formula is C14H8BrNO2S. The Hall–Kier alpha value is -1.72. The van der Waals surface area contributed by atoms with Crippen molar-refractivity contribution in [2.24, 2.45) is 0 Å². The molecule has 0 saturated carbocycles. The second kappa shape index (κ2) is 4.75. The first-order valence-corrected chi connectivity index (χ1v) is 7.25. The fourth-order valence-corrected chi connectivity index (χ4v) is 2.94. The molecule has 2 heterocycles. The van der Waals surface area contributed by atoms with E-state index in [1.165, 1.54) is 0 Å². The zero-order valence-electron chi connectivity index (χ0n) is 9.63. The first kappa shape index (κ1) is 12.3. The number of fused-ring (bicyclic) bond motifs is 1. The van der Waals surface area contributed by atoms with Crippen molar-refractivity contribution in [3.8, 4) is 11.3 Å². The third-order valence-electron chi connectivity index (χ3n) is 2.82. The number of rotatable bonds is 2. The number of thiophene rings is 1. The summed E-state index contributed by atoms with van der Waals surface area (Å²) < 4.78 is 0.881. The number of benzene rings is 1. The van der Waals surface area contributed by atoms with Gasteiger partial charge in [0.15, 0.2) is 0 Å². The van der Waals surface area contributed by atoms with Crippen LogP contribution in [-0.4, -0.2) is 16.1 Å². The number of aromatic carboxylic acids is 1. The Morgan fingerprint density at radius 3 is 2.79 bits per heavy atom. The Bertz CT molecular complexity index is 768. The lowest BCUT2D eigenvalue weighted by Gasteiger charge is -2.06. The molecule has 1 N–H and O–H groups in total. The van der Waals surface area contributed by atoms with Crippen LogP contribution in [0.5, 0.6) is 0 Å². The minimum absolute atomic E-state index is 0.277. The molecule has 3 aromatic rings. The predicted molar refractivity (Wildman–Crippen MR) is 79.7 cm³/mol. The number of hydrogen-bond acceptors (Lipinski definition) is 3. The fraction of sp³-hybridized carbons (Fsp3) is 0. The summed E-state index contributed by atoms with van der Waals surface area (Å²) in [5.41, 5.74) is 2.58. The van der Waals surface area contributed by atoms with Crippen molar-refractivity contribution in [3.63, 3.8) is 0 Å². The van der Waals surface area contributed by atoms with E-state index in [1.54, 1.807) is 23.5 Å². The first-order valence-electron chi connectivity index (χ1n) is 5.51. The minimum atomic E-state index is -0.939. The normalized spacial score (nSPS) is 10.8. The number of carboxylic acids is 1. The van der Waals surface area contributed by atoms with Crippen LogP contribution in [0, 0.1) is 0 Å². The SMILES string of the molecule is O=C(O)c1cc(-c2ccsc2)nc2cc(Br)ccc12. The van der Waals surface area contributed by atoms with Gasteiger partial charge in [0.05, 0.1) is 16.8 Å². The van der Waals surface area contributed by atoms with Crippen LogP contribution in [0.25, 0.3) is 22.2 Å². The molecule has 0 aliphatic carbocycles. The van der Waals surface area contributed by atoms with Crippen molar-refractivity contribution in [1.82, 2.24) is 4.98 Å². The van der Waals surface area contributed by atoms with E-state index in [9.17, 15) is 9.90 Å². The van der Waals surface area contributed by atoms with Gasteiger partial charge in [-0.15, -0.1) is 0 Å². The molecule has 0 saturated heterocycles. The second-order valence-electron chi connectivity index (χ2n) is 4.03. The lowest BCUT2D eigenvalue weighted by Crippen LogP contribution is -2.00. The third kappa shape index (κ3) is 2.27. The molecule has 5 heteroatoms. The zero-order valence-corrected chi connectivity index (χ0v) is 12.0. The highest BCUT2D eigenvalue weighted by molar-refractivity contribution is 9.10. The molecule has 0 amide bonds. The Morgan fingerprint density at radius 1 is 1.26 bits per heavy atom. The molecule has 2 aromatic heterocycles. The molecule has 0 radical (unpaired) electrons. The number of nitrogens with zero attached hydrogens (tertiary/aromatic N) is 1. The number of carbonyl (C=O) groups is 1. The van der Waals surface area contributed by atoms with Crippen molar-refractivity contribution in [2.75, 3.05) is 0 Å². The van der Waals surface area contributed by atoms with Gasteiger partial charge in [-0.25, -0.2) is 9.78 Å². The highest BCUT2D eigenvalue weighted by Gasteiger charge is 2.13. The predicted octanol–water partition coefficient (Wildman–Crippen LogP) is 4.42. The van der Waals surface area contributed by atoms with Gasteiger partial charge >= 0.3 is 5.97 Å². The fourth-order valence-electron chi connectivity index (χ4n) is 1.94. The number of aromatic nitrogens is 1. The van der Waals surface area contributed by atoms with Crippen molar-refractivity contribution < 1.29 is 9.90 Å². The van der Waals surface area contributed by atoms with Gasteiger partial charge in [-0.3, -0.25) is 0 Å². The van der Waals surface area contributed by atoms with Crippen LogP contribution in [0.3, 0.4) is 0 Å². The second-order valence-corrected chi connectivity index (χ2v) is 5.73. The van der Waals surface area contributed by atoms with Gasteiger partial charge in [-0.1, -0.05) is 22.0 Å². The highest BCUT2D eigenvalue weighted by atomic mass is 79.9. The number of carboxylic acid groups (broad SMARTS) is 1. The maximum Gasteiger partial charge on any atom is 0.336 e. The molecule has 0 aliphatic heterocycles. The molecule has 0 bridgehead atoms. The summed E-state index contributed by atoms with van der Waals surface area (Å²) in [5, 5.41) is 13.9. The van der Waals surface area contributed by atoms with Crippen LogP contribution in [0.2, 0.25) is 0 Å². The van der Waals surface area contributed by atoms with E-state index in [-0.39, 0.29) is 5.56 Å². The van der Waals surface area contributed by atoms with Crippen LogP contribution in [0.1, 0.15) is 10.4 Å². The van der Waals surface area contributed by atoms with Gasteiger partial charge in [-0.05, 0) is 29.6 Å². The van der Waals surface area contributed by atoms with E-state index in [0.29, 0.717) is 16.6 Å². The van der Waals surface area contributed by atoms with E-state index < -0.39 is 5.97 Å². The Morgan fingerprint density at radius 2 is 2.11 bits per heavy atom. The van der Waals surface area contributed by atoms with Crippen LogP contribution >= 0.6 is 27.3 Å². The molecule has 19 heavy (non-hydrogen) atoms. The molecule has 94 valence electrons. The summed E-state index contributed by atoms with van der Waals surface area (Å²) in [6.45, 7) is 0. The van der Waals surface area contributed by atoms with E-state index in [1.807, 2.05) is 29.0 Å². The zero-order chi connectivity index (χ0) is 13.4. The smallest absolute Gasteiger partial charge is 0.336 e. The van der Waals surface area contributed by atoms with Gasteiger partial charge in [0.25, 0.3) is 0 Å². The van der Waals surface area contributed by atoms with Crippen molar-refractivity contribution in [3.05, 3.63) is 51.1 Å². The molecule has 0 unspecified atom stereocenters. The number of pyridine rings is 1. The van der Waals surface area contributed by atoms with Crippen LogP contribution in [0.4, 0.5) is 0 Å². The largest absolute Gasteiger partial charge is 0.478 e. The van der Waals surface area contributed by atoms with Gasteiger partial charge in [-0.2, -0.15) is 11.3 Å². The quantitative estimate of drug-likeness (QED) is 0.754. The molecule has 0 aliphatic rings. The molecule has 0 atom stereocenters. The van der Waals surface area contributed by atoms with Crippen molar-refractivity contribution >= 4 is 44.1 Å².